The van der Waals surface area contributed by atoms with Gasteiger partial charge in [0.05, 0.1) is 18.2 Å². The highest BCUT2D eigenvalue weighted by atomic mass is 16.3. The van der Waals surface area contributed by atoms with Gasteiger partial charge in [-0.15, -0.1) is 5.10 Å². The molecule has 0 unspecified atom stereocenters. The third-order valence-corrected chi connectivity index (χ3v) is 3.61. The molecule has 0 amide bonds. The molecule has 102 valence electrons. The molecule has 3 rings (SSSR count). The van der Waals surface area contributed by atoms with Gasteiger partial charge in [0, 0.05) is 25.5 Å². The highest BCUT2D eigenvalue weighted by Gasteiger charge is 2.36. The minimum Gasteiger partial charge on any atom is -0.389 e. The SMILES string of the molecule is C[C@]1(O)CCN(Cc2nc3ncccn3n2)C[C@@H]1O. The molecule has 0 bridgehead atoms. The lowest BCUT2D eigenvalue weighted by molar-refractivity contribution is -0.108. The number of aliphatic hydroxyl groups excluding tert-OH is 1. The van der Waals surface area contributed by atoms with Crippen molar-refractivity contribution >= 4 is 5.78 Å². The lowest BCUT2D eigenvalue weighted by atomic mass is 9.91. The molecule has 2 N–H and O–H groups in total. The number of rotatable bonds is 2. The van der Waals surface area contributed by atoms with E-state index in [1.165, 1.54) is 0 Å². The molecular formula is C12H17N5O2. The van der Waals surface area contributed by atoms with Gasteiger partial charge in [-0.2, -0.15) is 4.98 Å². The van der Waals surface area contributed by atoms with Gasteiger partial charge in [0.1, 0.15) is 0 Å². The van der Waals surface area contributed by atoms with Crippen LogP contribution in [0.25, 0.3) is 5.78 Å². The minimum absolute atomic E-state index is 0.427. The monoisotopic (exact) mass is 263 g/mol. The van der Waals surface area contributed by atoms with Gasteiger partial charge in [0.25, 0.3) is 5.78 Å². The maximum absolute atomic E-state index is 9.92. The molecule has 2 atom stereocenters. The van der Waals surface area contributed by atoms with E-state index in [2.05, 4.69) is 15.1 Å². The standard InChI is InChI=1S/C12H17N5O2/c1-12(19)3-6-16(7-9(12)18)8-10-14-11-13-4-2-5-17(11)15-10/h2,4-5,9,18-19H,3,6-8H2,1H3/t9-,12-/m0/s1. The molecule has 3 heterocycles. The lowest BCUT2D eigenvalue weighted by Gasteiger charge is -2.39. The van der Waals surface area contributed by atoms with Gasteiger partial charge in [-0.3, -0.25) is 4.90 Å². The zero-order valence-corrected chi connectivity index (χ0v) is 10.8. The molecular weight excluding hydrogens is 246 g/mol. The molecule has 19 heavy (non-hydrogen) atoms. The average molecular weight is 263 g/mol. The van der Waals surface area contributed by atoms with E-state index in [9.17, 15) is 10.2 Å². The molecule has 1 saturated heterocycles. The van der Waals surface area contributed by atoms with Crippen molar-refractivity contribution in [1.29, 1.82) is 0 Å². The lowest BCUT2D eigenvalue weighted by Crippen LogP contribution is -2.53. The number of aromatic nitrogens is 4. The van der Waals surface area contributed by atoms with E-state index in [0.717, 1.165) is 0 Å². The van der Waals surface area contributed by atoms with Crippen molar-refractivity contribution in [3.05, 3.63) is 24.3 Å². The summed E-state index contributed by atoms with van der Waals surface area (Å²) < 4.78 is 1.63. The Labute approximate surface area is 110 Å². The Morgan fingerprint density at radius 2 is 2.37 bits per heavy atom. The molecule has 0 spiro atoms. The summed E-state index contributed by atoms with van der Waals surface area (Å²) in [5.41, 5.74) is -0.996. The largest absolute Gasteiger partial charge is 0.389 e. The van der Waals surface area contributed by atoms with Crippen LogP contribution in [0, 0.1) is 0 Å². The van der Waals surface area contributed by atoms with Crippen LogP contribution in [0.3, 0.4) is 0 Å². The van der Waals surface area contributed by atoms with Crippen molar-refractivity contribution in [3.63, 3.8) is 0 Å². The maximum atomic E-state index is 9.92. The van der Waals surface area contributed by atoms with Crippen LogP contribution in [-0.2, 0) is 6.54 Å². The van der Waals surface area contributed by atoms with Gasteiger partial charge >= 0.3 is 0 Å². The fourth-order valence-corrected chi connectivity index (χ4v) is 2.27. The van der Waals surface area contributed by atoms with Gasteiger partial charge in [0.15, 0.2) is 5.82 Å². The number of likely N-dealkylation sites (tertiary alicyclic amines) is 1. The molecule has 0 radical (unpaired) electrons. The summed E-state index contributed by atoms with van der Waals surface area (Å²) in [6.45, 7) is 3.36. The van der Waals surface area contributed by atoms with Crippen LogP contribution in [-0.4, -0.2) is 59.5 Å². The number of hydrogen-bond acceptors (Lipinski definition) is 6. The first-order valence-corrected chi connectivity index (χ1v) is 6.34. The summed E-state index contributed by atoms with van der Waals surface area (Å²) in [6, 6.07) is 1.80. The molecule has 7 heteroatoms. The maximum Gasteiger partial charge on any atom is 0.252 e. The average Bonchev–Trinajstić information content (AvgIpc) is 2.76. The second-order valence-corrected chi connectivity index (χ2v) is 5.25. The molecule has 0 aromatic carbocycles. The van der Waals surface area contributed by atoms with E-state index >= 15 is 0 Å². The zero-order valence-electron chi connectivity index (χ0n) is 10.8. The summed E-state index contributed by atoms with van der Waals surface area (Å²) in [5.74, 6) is 1.24. The molecule has 1 aliphatic heterocycles. The fourth-order valence-electron chi connectivity index (χ4n) is 2.27. The molecule has 0 aliphatic carbocycles. The van der Waals surface area contributed by atoms with Crippen LogP contribution in [0.5, 0.6) is 0 Å². The Morgan fingerprint density at radius 3 is 3.11 bits per heavy atom. The summed E-state index contributed by atoms with van der Waals surface area (Å²) in [5, 5.41) is 24.1. The van der Waals surface area contributed by atoms with Gasteiger partial charge in [-0.25, -0.2) is 9.50 Å². The van der Waals surface area contributed by atoms with Crippen LogP contribution in [0.2, 0.25) is 0 Å². The highest BCUT2D eigenvalue weighted by molar-refractivity contribution is 5.24. The van der Waals surface area contributed by atoms with Crippen molar-refractivity contribution in [2.45, 2.75) is 31.6 Å². The van der Waals surface area contributed by atoms with Gasteiger partial charge < -0.3 is 10.2 Å². The van der Waals surface area contributed by atoms with Crippen molar-refractivity contribution < 1.29 is 10.2 Å². The Balaban J connectivity index is 1.72. The van der Waals surface area contributed by atoms with Crippen LogP contribution in [0.1, 0.15) is 19.2 Å². The molecule has 0 saturated carbocycles. The van der Waals surface area contributed by atoms with Crippen LogP contribution >= 0.6 is 0 Å². The van der Waals surface area contributed by atoms with Crippen LogP contribution in [0.4, 0.5) is 0 Å². The number of β-amino-alcohol motifs (C(OH)–C–C–N with tert-alkyl or cyclic N) is 1. The summed E-state index contributed by atoms with van der Waals surface area (Å²) in [6.07, 6.45) is 3.28. The van der Waals surface area contributed by atoms with E-state index in [1.54, 1.807) is 29.9 Å². The first kappa shape index (κ1) is 12.5. The van der Waals surface area contributed by atoms with Crippen molar-refractivity contribution in [1.82, 2.24) is 24.5 Å². The van der Waals surface area contributed by atoms with E-state index in [0.29, 0.717) is 37.7 Å². The first-order chi connectivity index (χ1) is 9.04. The van der Waals surface area contributed by atoms with Gasteiger partial charge in [-0.05, 0) is 19.4 Å². The van der Waals surface area contributed by atoms with Crippen LogP contribution < -0.4 is 0 Å². The third kappa shape index (κ3) is 2.44. The predicted molar refractivity (Wildman–Crippen MR) is 67.3 cm³/mol. The number of nitrogens with zero attached hydrogens (tertiary/aromatic N) is 5. The van der Waals surface area contributed by atoms with Gasteiger partial charge in [0.2, 0.25) is 0 Å². The highest BCUT2D eigenvalue weighted by Crippen LogP contribution is 2.22. The van der Waals surface area contributed by atoms with E-state index in [1.807, 2.05) is 4.90 Å². The summed E-state index contributed by atoms with van der Waals surface area (Å²) in [7, 11) is 0. The fraction of sp³-hybridized carbons (Fsp3) is 0.583. The van der Waals surface area contributed by atoms with E-state index in [4.69, 9.17) is 0 Å². The van der Waals surface area contributed by atoms with Crippen molar-refractivity contribution in [2.75, 3.05) is 13.1 Å². The summed E-state index contributed by atoms with van der Waals surface area (Å²) in [4.78, 5) is 10.5. The Morgan fingerprint density at radius 1 is 1.53 bits per heavy atom. The number of hydrogen-bond donors (Lipinski definition) is 2. The van der Waals surface area contributed by atoms with Crippen molar-refractivity contribution in [3.8, 4) is 0 Å². The molecule has 1 fully saturated rings. The first-order valence-electron chi connectivity index (χ1n) is 6.34. The van der Waals surface area contributed by atoms with Crippen LogP contribution in [0.15, 0.2) is 18.5 Å². The third-order valence-electron chi connectivity index (χ3n) is 3.61. The second-order valence-electron chi connectivity index (χ2n) is 5.25. The smallest absolute Gasteiger partial charge is 0.252 e. The minimum atomic E-state index is -0.996. The predicted octanol–water partition coefficient (Wildman–Crippen LogP) is -0.558. The van der Waals surface area contributed by atoms with E-state index in [-0.39, 0.29) is 0 Å². The molecule has 2 aromatic rings. The Bertz CT molecular complexity index is 549. The Hall–Kier alpha value is -1.57. The van der Waals surface area contributed by atoms with E-state index < -0.39 is 11.7 Å². The summed E-state index contributed by atoms with van der Waals surface area (Å²) >= 11 is 0. The van der Waals surface area contributed by atoms with Gasteiger partial charge in [-0.1, -0.05) is 0 Å². The number of piperidine rings is 1. The number of fused-ring (bicyclic) bond motifs is 1. The second kappa shape index (κ2) is 4.52. The number of aliphatic hydroxyl groups is 2. The normalized spacial score (nSPS) is 28.9. The zero-order chi connectivity index (χ0) is 13.5. The topological polar surface area (TPSA) is 86.8 Å². The Kier molecular flexibility index (Phi) is 2.96. The molecule has 1 aliphatic rings. The molecule has 7 nitrogen and oxygen atoms in total. The van der Waals surface area contributed by atoms with Crippen molar-refractivity contribution in [2.24, 2.45) is 0 Å². The quantitative estimate of drug-likeness (QED) is 0.755. The molecule has 2 aromatic heterocycles.